The molecule has 0 fully saturated rings. The number of carboxylic acids is 1. The van der Waals surface area contributed by atoms with Crippen molar-refractivity contribution in [2.45, 2.75) is 38.5 Å². The summed E-state index contributed by atoms with van der Waals surface area (Å²) in [6.45, 7) is 1.95. The van der Waals surface area contributed by atoms with Gasteiger partial charge in [0.2, 0.25) is 19.5 Å². The maximum atomic E-state index is 12.9. The van der Waals surface area contributed by atoms with Crippen LogP contribution in [0.4, 0.5) is 0 Å². The Bertz CT molecular complexity index is 1170. The largest absolute Gasteiger partial charge is 0.478 e. The molecule has 2 aromatic carbocycles. The van der Waals surface area contributed by atoms with Crippen molar-refractivity contribution in [1.82, 2.24) is 10.2 Å². The van der Waals surface area contributed by atoms with Crippen molar-refractivity contribution in [3.8, 4) is 23.0 Å². The molecule has 12 heteroatoms. The predicted molar refractivity (Wildman–Crippen MR) is 128 cm³/mol. The van der Waals surface area contributed by atoms with E-state index < -0.39 is 17.5 Å². The molecule has 2 aliphatic rings. The molecule has 0 aromatic heterocycles. The number of carbonyl (C=O) groups excluding carboxylic acids is 1. The van der Waals surface area contributed by atoms with Gasteiger partial charge in [-0.3, -0.25) is 15.1 Å². The zero-order valence-corrected chi connectivity index (χ0v) is 19.9. The summed E-state index contributed by atoms with van der Waals surface area (Å²) in [4.78, 5) is 31.0. The van der Waals surface area contributed by atoms with E-state index in [0.717, 1.165) is 5.56 Å². The average Bonchev–Trinajstić information content (AvgIpc) is 3.50. The van der Waals surface area contributed by atoms with Gasteiger partial charge in [-0.1, -0.05) is 12.1 Å². The minimum atomic E-state index is -1.75. The number of ether oxygens (including phenoxy) is 4. The van der Waals surface area contributed by atoms with Crippen LogP contribution in [0.25, 0.3) is 0 Å². The van der Waals surface area contributed by atoms with Crippen LogP contribution in [0.2, 0.25) is 0 Å². The van der Waals surface area contributed by atoms with Crippen LogP contribution in [0.3, 0.4) is 0 Å². The van der Waals surface area contributed by atoms with Gasteiger partial charge in [0.05, 0.1) is 0 Å². The average molecular weight is 500 g/mol. The number of nitrogens with zero attached hydrogens (tertiary/aromatic N) is 2. The molecule has 0 aliphatic carbocycles. The lowest BCUT2D eigenvalue weighted by Gasteiger charge is -2.41. The molecule has 1 atom stereocenters. The van der Waals surface area contributed by atoms with Crippen molar-refractivity contribution in [3.63, 3.8) is 0 Å². The minimum absolute atomic E-state index is 0.0225. The lowest BCUT2D eigenvalue weighted by molar-refractivity contribution is -0.163. The Morgan fingerprint density at radius 3 is 2.17 bits per heavy atom. The summed E-state index contributed by atoms with van der Waals surface area (Å²) in [5, 5.41) is 13.6. The maximum absolute atomic E-state index is 12.9. The highest BCUT2D eigenvalue weighted by molar-refractivity contribution is 5.85. The molecule has 2 aliphatic heterocycles. The number of hydrogen-bond acceptors (Lipinski definition) is 8. The fraction of sp³-hybridized carbons (Fsp3) is 0.375. The number of aliphatic imine (C=N–C) groups is 1. The van der Waals surface area contributed by atoms with E-state index in [9.17, 15) is 14.7 Å². The first-order valence-corrected chi connectivity index (χ1v) is 11.4. The van der Waals surface area contributed by atoms with E-state index in [1.807, 2.05) is 6.07 Å². The number of carbonyl (C=O) groups is 2. The van der Waals surface area contributed by atoms with Crippen molar-refractivity contribution >= 4 is 17.8 Å². The fourth-order valence-corrected chi connectivity index (χ4v) is 4.20. The fourth-order valence-electron chi connectivity index (χ4n) is 4.20. The molecule has 1 amide bonds. The zero-order chi connectivity index (χ0) is 25.7. The Morgan fingerprint density at radius 1 is 1.00 bits per heavy atom. The summed E-state index contributed by atoms with van der Waals surface area (Å²) < 4.78 is 21.6. The van der Waals surface area contributed by atoms with Crippen LogP contribution in [0.1, 0.15) is 30.9 Å². The van der Waals surface area contributed by atoms with Crippen molar-refractivity contribution < 1.29 is 33.6 Å². The summed E-state index contributed by atoms with van der Waals surface area (Å²) in [6.07, 6.45) is 0.358. The van der Waals surface area contributed by atoms with Gasteiger partial charge in [-0.05, 0) is 48.2 Å². The van der Waals surface area contributed by atoms with E-state index in [-0.39, 0.29) is 45.6 Å². The Morgan fingerprint density at radius 2 is 1.58 bits per heavy atom. The smallest absolute Gasteiger partial charge is 0.344 e. The Balaban J connectivity index is 1.63. The number of hydrogen-bond donors (Lipinski definition) is 4. The Labute approximate surface area is 207 Å². The van der Waals surface area contributed by atoms with Gasteiger partial charge in [-0.15, -0.1) is 0 Å². The van der Waals surface area contributed by atoms with Crippen molar-refractivity contribution in [2.75, 3.05) is 20.1 Å². The minimum Gasteiger partial charge on any atom is -0.478 e. The third-order valence-corrected chi connectivity index (χ3v) is 5.99. The van der Waals surface area contributed by atoms with Gasteiger partial charge in [0.1, 0.15) is 0 Å². The van der Waals surface area contributed by atoms with E-state index in [1.165, 1.54) is 11.8 Å². The van der Waals surface area contributed by atoms with E-state index in [1.54, 1.807) is 30.3 Å². The number of carboxylic acid groups (broad SMARTS) is 1. The molecule has 0 radical (unpaired) electrons. The number of amides is 1. The van der Waals surface area contributed by atoms with Crippen LogP contribution >= 0.6 is 0 Å². The molecule has 0 spiro atoms. The quantitative estimate of drug-likeness (QED) is 0.152. The summed E-state index contributed by atoms with van der Waals surface area (Å²) in [6, 6.07) is 10.6. The normalized spacial score (nSPS) is 14.7. The van der Waals surface area contributed by atoms with E-state index >= 15 is 0 Å². The maximum Gasteiger partial charge on any atom is 0.344 e. The highest BCUT2D eigenvalue weighted by Gasteiger charge is 2.45. The molecule has 12 nitrogen and oxygen atoms in total. The second-order valence-electron chi connectivity index (χ2n) is 8.41. The Hall–Kier alpha value is -4.19. The number of rotatable bonds is 11. The highest BCUT2D eigenvalue weighted by atomic mass is 16.7. The molecule has 36 heavy (non-hydrogen) atoms. The number of nitrogens with one attached hydrogen (secondary N) is 1. The summed E-state index contributed by atoms with van der Waals surface area (Å²) in [5.41, 5.74) is 10.5. The first kappa shape index (κ1) is 24.9. The highest BCUT2D eigenvalue weighted by Crippen LogP contribution is 2.35. The monoisotopic (exact) mass is 499 g/mol. The number of nitrogens with two attached hydrogens (primary N) is 2. The topological polar surface area (TPSA) is 171 Å². The molecule has 192 valence electrons. The molecular formula is C24H29N5O7. The van der Waals surface area contributed by atoms with Gasteiger partial charge < -0.3 is 40.4 Å². The Kier molecular flexibility index (Phi) is 7.34. The summed E-state index contributed by atoms with van der Waals surface area (Å²) >= 11 is 0. The molecule has 2 aromatic rings. The molecule has 0 bridgehead atoms. The second-order valence-corrected chi connectivity index (χ2v) is 8.41. The lowest BCUT2D eigenvalue weighted by atomic mass is 9.98. The number of guanidine groups is 1. The first-order valence-electron chi connectivity index (χ1n) is 11.4. The molecule has 4 rings (SSSR count). The van der Waals surface area contributed by atoms with Crippen LogP contribution in [-0.2, 0) is 22.7 Å². The summed E-state index contributed by atoms with van der Waals surface area (Å²) in [7, 11) is 0. The van der Waals surface area contributed by atoms with Gasteiger partial charge in [0.25, 0.3) is 0 Å². The zero-order valence-electron chi connectivity index (χ0n) is 19.9. The van der Waals surface area contributed by atoms with Gasteiger partial charge >= 0.3 is 5.97 Å². The third-order valence-electron chi connectivity index (χ3n) is 5.99. The first-order chi connectivity index (χ1) is 17.3. The molecule has 2 heterocycles. The van der Waals surface area contributed by atoms with Crippen molar-refractivity contribution in [1.29, 1.82) is 0 Å². The number of aliphatic carboxylic acids is 1. The standard InChI is InChI=1S/C24H29N5O7/c1-15(30)29(12-17-4-6-19-21(10-17)36-14-34-19)24(22(31)32,7-2-8-27-23(25)26)28-11-16-3-5-18-20(9-16)35-13-33-18/h3-6,9-10,28H,2,7-8,11-14H2,1H3,(H,31,32)(H4,25,26,27)/t24-/m0/s1. The van der Waals surface area contributed by atoms with Crippen LogP contribution < -0.4 is 35.7 Å². The second kappa shape index (κ2) is 10.6. The summed E-state index contributed by atoms with van der Waals surface area (Å²) in [5.74, 6) is 0.612. The number of benzene rings is 2. The molecule has 0 saturated heterocycles. The lowest BCUT2D eigenvalue weighted by Crippen LogP contribution is -2.64. The van der Waals surface area contributed by atoms with Crippen LogP contribution in [0.5, 0.6) is 23.0 Å². The van der Waals surface area contributed by atoms with Gasteiger partial charge in [0.15, 0.2) is 34.6 Å². The number of fused-ring (bicyclic) bond motifs is 2. The van der Waals surface area contributed by atoms with Gasteiger partial charge in [-0.25, -0.2) is 4.79 Å². The van der Waals surface area contributed by atoms with Gasteiger partial charge in [0, 0.05) is 26.6 Å². The molecule has 0 saturated carbocycles. The van der Waals surface area contributed by atoms with E-state index in [4.69, 9.17) is 30.4 Å². The van der Waals surface area contributed by atoms with Crippen molar-refractivity contribution in [3.05, 3.63) is 47.5 Å². The molecule has 0 unspecified atom stereocenters. The van der Waals surface area contributed by atoms with Crippen LogP contribution in [0, 0.1) is 0 Å². The van der Waals surface area contributed by atoms with Crippen LogP contribution in [-0.4, -0.2) is 53.6 Å². The van der Waals surface area contributed by atoms with E-state index in [0.29, 0.717) is 35.0 Å². The van der Waals surface area contributed by atoms with Gasteiger partial charge in [-0.2, -0.15) is 0 Å². The van der Waals surface area contributed by atoms with Crippen molar-refractivity contribution in [2.24, 2.45) is 16.5 Å². The van der Waals surface area contributed by atoms with E-state index in [2.05, 4.69) is 10.3 Å². The predicted octanol–water partition coefficient (Wildman–Crippen LogP) is 1.12. The third kappa shape index (κ3) is 5.38. The molecule has 6 N–H and O–H groups in total. The molecular weight excluding hydrogens is 470 g/mol. The van der Waals surface area contributed by atoms with Crippen LogP contribution in [0.15, 0.2) is 41.4 Å². The SMILES string of the molecule is CC(=O)N(Cc1ccc2c(c1)OCO2)[C@](CCCN=C(N)N)(NCc1ccc2c(c1)OCO2)C(=O)O.